The van der Waals surface area contributed by atoms with Gasteiger partial charge in [-0.15, -0.1) is 0 Å². The van der Waals surface area contributed by atoms with Gasteiger partial charge in [-0.05, 0) is 50.5 Å². The Labute approximate surface area is 175 Å². The number of nitrogens with zero attached hydrogens (tertiary/aromatic N) is 2. The number of fused-ring (bicyclic) bond motifs is 1. The van der Waals surface area contributed by atoms with E-state index >= 15 is 0 Å². The molecule has 1 aromatic heterocycles. The molecule has 0 saturated carbocycles. The number of aromatic nitrogens is 1. The summed E-state index contributed by atoms with van der Waals surface area (Å²) in [6.07, 6.45) is 1.22. The first-order valence-electron chi connectivity index (χ1n) is 9.74. The van der Waals surface area contributed by atoms with E-state index in [9.17, 15) is 8.42 Å². The third kappa shape index (κ3) is 4.10. The van der Waals surface area contributed by atoms with Gasteiger partial charge in [0, 0.05) is 13.1 Å². The molecular weight excluding hydrogens is 408 g/mol. The van der Waals surface area contributed by atoms with Gasteiger partial charge >= 0.3 is 0 Å². The van der Waals surface area contributed by atoms with Gasteiger partial charge in [-0.1, -0.05) is 35.6 Å². The first kappa shape index (κ1) is 20.1. The van der Waals surface area contributed by atoms with Gasteiger partial charge in [0.25, 0.3) is 5.19 Å². The first-order valence-corrected chi connectivity index (χ1v) is 12.0. The highest BCUT2D eigenvalue weighted by Gasteiger charge is 2.32. The van der Waals surface area contributed by atoms with E-state index in [-0.39, 0.29) is 11.0 Å². The third-order valence-electron chi connectivity index (χ3n) is 5.04. The number of hydrogen-bond donors (Lipinski definition) is 0. The van der Waals surface area contributed by atoms with Crippen LogP contribution in [0.5, 0.6) is 10.9 Å². The Morgan fingerprint density at radius 3 is 2.62 bits per heavy atom. The van der Waals surface area contributed by atoms with Crippen LogP contribution in [0.15, 0.2) is 47.4 Å². The summed E-state index contributed by atoms with van der Waals surface area (Å²) in [7, 11) is -3.60. The minimum absolute atomic E-state index is 0.0375. The molecule has 1 aliphatic rings. The van der Waals surface area contributed by atoms with Crippen molar-refractivity contribution in [3.63, 3.8) is 0 Å². The second-order valence-corrected chi connectivity index (χ2v) is 9.90. The molecule has 1 fully saturated rings. The van der Waals surface area contributed by atoms with Gasteiger partial charge in [0.1, 0.15) is 16.7 Å². The Morgan fingerprint density at radius 1 is 1.14 bits per heavy atom. The maximum Gasteiger partial charge on any atom is 0.274 e. The summed E-state index contributed by atoms with van der Waals surface area (Å²) in [6.45, 7) is 5.13. The minimum atomic E-state index is -3.60. The Morgan fingerprint density at radius 2 is 1.90 bits per heavy atom. The lowest BCUT2D eigenvalue weighted by Crippen LogP contribution is -2.41. The van der Waals surface area contributed by atoms with Gasteiger partial charge in [0.2, 0.25) is 10.0 Å². The number of rotatable bonds is 6. The van der Waals surface area contributed by atoms with Crippen LogP contribution in [-0.2, 0) is 10.0 Å². The molecule has 29 heavy (non-hydrogen) atoms. The van der Waals surface area contributed by atoms with Crippen LogP contribution in [0, 0.1) is 6.92 Å². The molecule has 0 spiro atoms. The summed E-state index contributed by atoms with van der Waals surface area (Å²) in [5, 5.41) is 0.650. The normalized spacial score (nSPS) is 16.2. The molecule has 1 aliphatic heterocycles. The highest BCUT2D eigenvalue weighted by molar-refractivity contribution is 7.89. The van der Waals surface area contributed by atoms with Gasteiger partial charge in [0.05, 0.1) is 16.8 Å². The van der Waals surface area contributed by atoms with Crippen molar-refractivity contribution < 1.29 is 17.9 Å². The van der Waals surface area contributed by atoms with Crippen LogP contribution in [0.3, 0.4) is 0 Å². The zero-order chi connectivity index (χ0) is 20.4. The van der Waals surface area contributed by atoms with Crippen molar-refractivity contribution in [3.05, 3.63) is 48.0 Å². The molecule has 2 heterocycles. The van der Waals surface area contributed by atoms with E-state index in [0.717, 1.165) is 15.8 Å². The van der Waals surface area contributed by atoms with E-state index < -0.39 is 10.0 Å². The van der Waals surface area contributed by atoms with Crippen LogP contribution < -0.4 is 9.47 Å². The lowest BCUT2D eigenvalue weighted by Gasteiger charge is -2.31. The topological polar surface area (TPSA) is 68.7 Å². The molecule has 8 heteroatoms. The molecule has 2 aromatic carbocycles. The van der Waals surface area contributed by atoms with Crippen molar-refractivity contribution >= 4 is 31.6 Å². The lowest BCUT2D eigenvalue weighted by atomic mass is 10.1. The largest absolute Gasteiger partial charge is 0.492 e. The number of piperidine rings is 1. The maximum absolute atomic E-state index is 13.1. The molecule has 6 nitrogen and oxygen atoms in total. The van der Waals surface area contributed by atoms with Crippen molar-refractivity contribution in [1.29, 1.82) is 0 Å². The van der Waals surface area contributed by atoms with Crippen LogP contribution in [-0.4, -0.2) is 43.5 Å². The summed E-state index contributed by atoms with van der Waals surface area (Å²) in [6, 6.07) is 12.9. The van der Waals surface area contributed by atoms with E-state index in [0.29, 0.717) is 43.5 Å². The molecule has 4 rings (SSSR count). The minimum Gasteiger partial charge on any atom is -0.492 e. The molecule has 3 aromatic rings. The smallest absolute Gasteiger partial charge is 0.274 e. The summed E-state index contributed by atoms with van der Waals surface area (Å²) >= 11 is 1.53. The number of ether oxygens (including phenoxy) is 2. The summed E-state index contributed by atoms with van der Waals surface area (Å²) in [5.41, 5.74) is 2.10. The zero-order valence-corrected chi connectivity index (χ0v) is 18.1. The van der Waals surface area contributed by atoms with E-state index in [1.165, 1.54) is 15.6 Å². The number of sulfonamides is 1. The molecule has 0 bridgehead atoms. The summed E-state index contributed by atoms with van der Waals surface area (Å²) in [5.74, 6) is 0.401. The predicted octanol–water partition coefficient (Wildman–Crippen LogP) is 4.24. The molecule has 0 atom stereocenters. The highest BCUT2D eigenvalue weighted by Crippen LogP contribution is 2.33. The van der Waals surface area contributed by atoms with E-state index in [1.54, 1.807) is 24.3 Å². The van der Waals surface area contributed by atoms with Crippen LogP contribution in [0.4, 0.5) is 0 Å². The van der Waals surface area contributed by atoms with Crippen LogP contribution in [0.2, 0.25) is 0 Å². The van der Waals surface area contributed by atoms with Crippen molar-refractivity contribution in [2.75, 3.05) is 19.7 Å². The van der Waals surface area contributed by atoms with Crippen LogP contribution in [0.1, 0.15) is 25.3 Å². The molecule has 0 N–H and O–H groups in total. The summed E-state index contributed by atoms with van der Waals surface area (Å²) < 4.78 is 40.4. The summed E-state index contributed by atoms with van der Waals surface area (Å²) in [4.78, 5) is 4.83. The fourth-order valence-electron chi connectivity index (χ4n) is 3.53. The van der Waals surface area contributed by atoms with Crippen molar-refractivity contribution in [1.82, 2.24) is 9.29 Å². The number of benzene rings is 2. The fourth-order valence-corrected chi connectivity index (χ4v) is 6.09. The first-order chi connectivity index (χ1) is 14.0. The van der Waals surface area contributed by atoms with Crippen LogP contribution >= 0.6 is 11.3 Å². The average Bonchev–Trinajstić information content (AvgIpc) is 3.13. The average molecular weight is 433 g/mol. The third-order valence-corrected chi connectivity index (χ3v) is 7.89. The van der Waals surface area contributed by atoms with E-state index in [2.05, 4.69) is 4.98 Å². The second kappa shape index (κ2) is 8.30. The molecule has 1 saturated heterocycles. The zero-order valence-electron chi connectivity index (χ0n) is 16.5. The molecule has 0 unspecified atom stereocenters. The van der Waals surface area contributed by atoms with Crippen molar-refractivity contribution in [3.8, 4) is 10.9 Å². The SMILES string of the molecule is CCOc1ccccc1S(=O)(=O)N1CCC(Oc2nc3c(C)cccc3s2)CC1. The Bertz CT molecular complexity index is 1100. The van der Waals surface area contributed by atoms with Crippen LogP contribution in [0.25, 0.3) is 10.2 Å². The fraction of sp³-hybridized carbons (Fsp3) is 0.381. The van der Waals surface area contributed by atoms with E-state index in [1.807, 2.05) is 32.0 Å². The molecule has 0 amide bonds. The van der Waals surface area contributed by atoms with E-state index in [4.69, 9.17) is 9.47 Å². The molecular formula is C21H24N2O4S2. The maximum atomic E-state index is 13.1. The number of thiazole rings is 1. The Hall–Kier alpha value is -2.16. The lowest BCUT2D eigenvalue weighted by molar-refractivity contribution is 0.135. The monoisotopic (exact) mass is 432 g/mol. The number of aryl methyl sites for hydroxylation is 1. The van der Waals surface area contributed by atoms with Gasteiger partial charge in [-0.3, -0.25) is 0 Å². The molecule has 154 valence electrons. The standard InChI is InChI=1S/C21H24N2O4S2/c1-3-26-17-8-4-5-10-19(17)29(24,25)23-13-11-16(12-14-23)27-21-22-20-15(2)7-6-9-18(20)28-21/h4-10,16H,3,11-14H2,1-2H3. The second-order valence-electron chi connectivity index (χ2n) is 7.00. The number of para-hydroxylation sites is 2. The predicted molar refractivity (Wildman–Crippen MR) is 114 cm³/mol. The molecule has 0 aliphatic carbocycles. The van der Waals surface area contributed by atoms with Crippen molar-refractivity contribution in [2.24, 2.45) is 0 Å². The van der Waals surface area contributed by atoms with Gasteiger partial charge in [-0.2, -0.15) is 4.31 Å². The van der Waals surface area contributed by atoms with Gasteiger partial charge in [-0.25, -0.2) is 13.4 Å². The quantitative estimate of drug-likeness (QED) is 0.583. The Kier molecular flexibility index (Phi) is 5.76. The molecule has 0 radical (unpaired) electrons. The number of hydrogen-bond acceptors (Lipinski definition) is 6. The Balaban J connectivity index is 1.44. The highest BCUT2D eigenvalue weighted by atomic mass is 32.2. The van der Waals surface area contributed by atoms with Crippen molar-refractivity contribution in [2.45, 2.75) is 37.7 Å². The van der Waals surface area contributed by atoms with Gasteiger partial charge < -0.3 is 9.47 Å². The van der Waals surface area contributed by atoms with Gasteiger partial charge in [0.15, 0.2) is 0 Å².